The number of nitrogens with one attached hydrogen (secondary N) is 1. The Morgan fingerprint density at radius 2 is 1.67 bits per heavy atom. The van der Waals surface area contributed by atoms with Crippen molar-refractivity contribution in [3.8, 4) is 0 Å². The Morgan fingerprint density at radius 1 is 1.13 bits per heavy atom. The van der Waals surface area contributed by atoms with E-state index in [-0.39, 0.29) is 0 Å². The maximum Gasteiger partial charge on any atom is 0.0741 e. The van der Waals surface area contributed by atoms with Crippen LogP contribution in [0.3, 0.4) is 0 Å². The largest absolute Gasteiger partial charge is 0.389 e. The summed E-state index contributed by atoms with van der Waals surface area (Å²) in [5.74, 6) is 0. The van der Waals surface area contributed by atoms with Crippen LogP contribution in [-0.4, -0.2) is 23.3 Å². The Balaban J connectivity index is 2.23. The summed E-state index contributed by atoms with van der Waals surface area (Å²) in [4.78, 5) is 0. The van der Waals surface area contributed by atoms with E-state index in [4.69, 9.17) is 0 Å². The van der Waals surface area contributed by atoms with E-state index in [1.807, 2.05) is 13.8 Å². The van der Waals surface area contributed by atoms with Crippen molar-refractivity contribution in [3.63, 3.8) is 0 Å². The lowest BCUT2D eigenvalue weighted by Gasteiger charge is -2.27. The Bertz CT molecular complexity index is 160. The molecule has 0 aliphatic heterocycles. The highest BCUT2D eigenvalue weighted by molar-refractivity contribution is 4.77. The summed E-state index contributed by atoms with van der Waals surface area (Å²) in [6.07, 6.45) is 10.3. The zero-order chi connectivity index (χ0) is 11.1. The van der Waals surface area contributed by atoms with E-state index in [0.29, 0.717) is 6.04 Å². The standard InChI is InChI=1S/C13H27NO/c1-3-13(2,15)11-14-12-9-7-5-4-6-8-10-12/h12,14-15H,3-11H2,1-2H3. The molecular formula is C13H27NO. The zero-order valence-corrected chi connectivity index (χ0v) is 10.4. The SMILES string of the molecule is CCC(C)(O)CNC1CCCCCCC1. The van der Waals surface area contributed by atoms with Crippen molar-refractivity contribution < 1.29 is 5.11 Å². The number of hydrogen-bond donors (Lipinski definition) is 2. The molecule has 1 saturated carbocycles. The second-order valence-electron chi connectivity index (χ2n) is 5.27. The first-order valence-electron chi connectivity index (χ1n) is 6.60. The molecule has 0 aromatic carbocycles. The van der Waals surface area contributed by atoms with Crippen molar-refractivity contribution in [2.75, 3.05) is 6.54 Å². The van der Waals surface area contributed by atoms with Gasteiger partial charge in [0.05, 0.1) is 5.60 Å². The Morgan fingerprint density at radius 3 is 2.20 bits per heavy atom. The monoisotopic (exact) mass is 213 g/mol. The predicted molar refractivity (Wildman–Crippen MR) is 65.0 cm³/mol. The first-order chi connectivity index (χ1) is 7.14. The lowest BCUT2D eigenvalue weighted by atomic mass is 9.95. The first kappa shape index (κ1) is 13.0. The zero-order valence-electron chi connectivity index (χ0n) is 10.4. The number of rotatable bonds is 4. The van der Waals surface area contributed by atoms with E-state index < -0.39 is 5.60 Å². The summed E-state index contributed by atoms with van der Waals surface area (Å²) < 4.78 is 0. The minimum Gasteiger partial charge on any atom is -0.389 e. The molecule has 0 saturated heterocycles. The lowest BCUT2D eigenvalue weighted by Crippen LogP contribution is -2.42. The van der Waals surface area contributed by atoms with Crippen molar-refractivity contribution in [2.45, 2.75) is 76.9 Å². The fourth-order valence-electron chi connectivity index (χ4n) is 2.15. The van der Waals surface area contributed by atoms with E-state index >= 15 is 0 Å². The molecule has 1 unspecified atom stereocenters. The predicted octanol–water partition coefficient (Wildman–Crippen LogP) is 2.85. The summed E-state index contributed by atoms with van der Waals surface area (Å²) in [5, 5.41) is 13.4. The van der Waals surface area contributed by atoms with Crippen LogP contribution in [0.1, 0.15) is 65.2 Å². The molecule has 1 atom stereocenters. The van der Waals surface area contributed by atoms with Crippen molar-refractivity contribution in [1.29, 1.82) is 0 Å². The van der Waals surface area contributed by atoms with Crippen LogP contribution in [0.15, 0.2) is 0 Å². The van der Waals surface area contributed by atoms with Gasteiger partial charge in [-0.1, -0.05) is 39.0 Å². The van der Waals surface area contributed by atoms with Gasteiger partial charge in [-0.05, 0) is 26.2 Å². The minimum absolute atomic E-state index is 0.525. The highest BCUT2D eigenvalue weighted by Gasteiger charge is 2.19. The normalized spacial score (nSPS) is 24.2. The molecule has 0 amide bonds. The van der Waals surface area contributed by atoms with Gasteiger partial charge in [-0.25, -0.2) is 0 Å². The molecule has 2 N–H and O–H groups in total. The van der Waals surface area contributed by atoms with Gasteiger partial charge in [0.15, 0.2) is 0 Å². The molecule has 1 aliphatic carbocycles. The molecule has 1 fully saturated rings. The van der Waals surface area contributed by atoms with E-state index in [2.05, 4.69) is 5.32 Å². The molecule has 0 radical (unpaired) electrons. The molecule has 0 heterocycles. The summed E-state index contributed by atoms with van der Waals surface area (Å²) in [7, 11) is 0. The fourth-order valence-corrected chi connectivity index (χ4v) is 2.15. The third kappa shape index (κ3) is 5.53. The second-order valence-corrected chi connectivity index (χ2v) is 5.27. The first-order valence-corrected chi connectivity index (χ1v) is 6.60. The van der Waals surface area contributed by atoms with Crippen LogP contribution in [0, 0.1) is 0 Å². The number of aliphatic hydroxyl groups is 1. The molecule has 2 nitrogen and oxygen atoms in total. The van der Waals surface area contributed by atoms with Crippen LogP contribution >= 0.6 is 0 Å². The van der Waals surface area contributed by atoms with Crippen molar-refractivity contribution in [2.24, 2.45) is 0 Å². The molecule has 0 aromatic rings. The van der Waals surface area contributed by atoms with Crippen LogP contribution in [0.2, 0.25) is 0 Å². The van der Waals surface area contributed by atoms with Gasteiger partial charge in [0.2, 0.25) is 0 Å². The Kier molecular flexibility index (Phi) is 5.62. The van der Waals surface area contributed by atoms with Gasteiger partial charge in [-0.15, -0.1) is 0 Å². The van der Waals surface area contributed by atoms with Gasteiger partial charge >= 0.3 is 0 Å². The fraction of sp³-hybridized carbons (Fsp3) is 1.00. The van der Waals surface area contributed by atoms with Crippen LogP contribution < -0.4 is 5.32 Å². The van der Waals surface area contributed by atoms with Crippen LogP contribution in [-0.2, 0) is 0 Å². The van der Waals surface area contributed by atoms with Gasteiger partial charge < -0.3 is 10.4 Å². The van der Waals surface area contributed by atoms with Crippen molar-refractivity contribution in [3.05, 3.63) is 0 Å². The summed E-state index contributed by atoms with van der Waals surface area (Å²) in [5.41, 5.74) is -0.525. The molecule has 15 heavy (non-hydrogen) atoms. The summed E-state index contributed by atoms with van der Waals surface area (Å²) >= 11 is 0. The van der Waals surface area contributed by atoms with E-state index in [0.717, 1.165) is 13.0 Å². The summed E-state index contributed by atoms with van der Waals surface area (Å²) in [6.45, 7) is 4.71. The maximum atomic E-state index is 9.92. The molecular weight excluding hydrogens is 186 g/mol. The van der Waals surface area contributed by atoms with Crippen molar-refractivity contribution in [1.82, 2.24) is 5.32 Å². The highest BCUT2D eigenvalue weighted by Crippen LogP contribution is 2.17. The average Bonchev–Trinajstić information content (AvgIpc) is 2.16. The van der Waals surface area contributed by atoms with Gasteiger partial charge in [0.1, 0.15) is 0 Å². The molecule has 0 bridgehead atoms. The van der Waals surface area contributed by atoms with Gasteiger partial charge in [-0.2, -0.15) is 0 Å². The summed E-state index contributed by atoms with van der Waals surface area (Å²) in [6, 6.07) is 0.642. The third-order valence-corrected chi connectivity index (χ3v) is 3.64. The molecule has 1 rings (SSSR count). The average molecular weight is 213 g/mol. The van der Waals surface area contributed by atoms with E-state index in [9.17, 15) is 5.11 Å². The molecule has 1 aliphatic rings. The van der Waals surface area contributed by atoms with Gasteiger partial charge in [-0.3, -0.25) is 0 Å². The minimum atomic E-state index is -0.525. The van der Waals surface area contributed by atoms with Crippen LogP contribution in [0.4, 0.5) is 0 Å². The van der Waals surface area contributed by atoms with E-state index in [1.165, 1.54) is 44.9 Å². The second kappa shape index (κ2) is 6.49. The maximum absolute atomic E-state index is 9.92. The lowest BCUT2D eigenvalue weighted by molar-refractivity contribution is 0.0518. The van der Waals surface area contributed by atoms with Gasteiger partial charge in [0, 0.05) is 12.6 Å². The molecule has 0 spiro atoms. The topological polar surface area (TPSA) is 32.3 Å². The van der Waals surface area contributed by atoms with Crippen LogP contribution in [0.25, 0.3) is 0 Å². The molecule has 2 heteroatoms. The molecule has 90 valence electrons. The smallest absolute Gasteiger partial charge is 0.0741 e. The quantitative estimate of drug-likeness (QED) is 0.752. The van der Waals surface area contributed by atoms with Gasteiger partial charge in [0.25, 0.3) is 0 Å². The van der Waals surface area contributed by atoms with Crippen molar-refractivity contribution >= 4 is 0 Å². The highest BCUT2D eigenvalue weighted by atomic mass is 16.3. The van der Waals surface area contributed by atoms with E-state index in [1.54, 1.807) is 0 Å². The Labute approximate surface area is 94.5 Å². The Hall–Kier alpha value is -0.0800. The molecule has 0 aromatic heterocycles. The third-order valence-electron chi connectivity index (χ3n) is 3.64. The van der Waals surface area contributed by atoms with Crippen LogP contribution in [0.5, 0.6) is 0 Å². The number of hydrogen-bond acceptors (Lipinski definition) is 2.